The smallest absolute Gasteiger partial charge is 0.323 e. The van der Waals surface area contributed by atoms with E-state index < -0.39 is 11.5 Å². The van der Waals surface area contributed by atoms with Crippen molar-refractivity contribution in [3.63, 3.8) is 0 Å². The number of carboxylic acids is 1. The van der Waals surface area contributed by atoms with Crippen LogP contribution in [0.3, 0.4) is 0 Å². The van der Waals surface area contributed by atoms with Gasteiger partial charge in [-0.05, 0) is 26.7 Å². The van der Waals surface area contributed by atoms with Crippen LogP contribution in [-0.2, 0) is 9.53 Å². The van der Waals surface area contributed by atoms with E-state index in [1.807, 2.05) is 0 Å². The molecule has 2 rings (SSSR count). The van der Waals surface area contributed by atoms with E-state index in [0.717, 1.165) is 19.4 Å². The highest BCUT2D eigenvalue weighted by Gasteiger charge is 2.44. The van der Waals surface area contributed by atoms with Gasteiger partial charge in [0.15, 0.2) is 0 Å². The summed E-state index contributed by atoms with van der Waals surface area (Å²) >= 11 is 0. The summed E-state index contributed by atoms with van der Waals surface area (Å²) in [5.74, 6) is -0.737. The van der Waals surface area contributed by atoms with Crippen molar-refractivity contribution in [2.24, 2.45) is 0 Å². The highest BCUT2D eigenvalue weighted by Crippen LogP contribution is 2.32. The van der Waals surface area contributed by atoms with Crippen LogP contribution in [-0.4, -0.2) is 46.8 Å². The Morgan fingerprint density at radius 3 is 2.75 bits per heavy atom. The largest absolute Gasteiger partial charge is 0.480 e. The summed E-state index contributed by atoms with van der Waals surface area (Å²) in [6.45, 7) is 5.00. The molecule has 92 valence electrons. The van der Waals surface area contributed by atoms with Crippen LogP contribution < -0.4 is 0 Å². The Bertz CT molecular complexity index is 275. The van der Waals surface area contributed by atoms with Gasteiger partial charge in [0.05, 0.1) is 12.7 Å². The molecular formula is C12H21NO3. The van der Waals surface area contributed by atoms with Crippen molar-refractivity contribution in [3.8, 4) is 0 Å². The van der Waals surface area contributed by atoms with Crippen LogP contribution in [0.25, 0.3) is 0 Å². The third-order valence-electron chi connectivity index (χ3n) is 3.97. The Hall–Kier alpha value is -0.610. The van der Waals surface area contributed by atoms with Crippen LogP contribution in [0.1, 0.15) is 39.5 Å². The van der Waals surface area contributed by atoms with Crippen LogP contribution in [0.5, 0.6) is 0 Å². The maximum Gasteiger partial charge on any atom is 0.323 e. The molecule has 0 amide bonds. The summed E-state index contributed by atoms with van der Waals surface area (Å²) in [6, 6.07) is 0.300. The molecule has 4 nitrogen and oxygen atoms in total. The fourth-order valence-corrected chi connectivity index (χ4v) is 2.91. The van der Waals surface area contributed by atoms with E-state index in [1.54, 1.807) is 13.8 Å². The molecule has 2 fully saturated rings. The molecule has 2 unspecified atom stereocenters. The third-order valence-corrected chi connectivity index (χ3v) is 3.97. The van der Waals surface area contributed by atoms with Crippen molar-refractivity contribution in [1.82, 2.24) is 4.90 Å². The van der Waals surface area contributed by atoms with Crippen LogP contribution in [0.15, 0.2) is 0 Å². The number of ether oxygens (including phenoxy) is 1. The van der Waals surface area contributed by atoms with Crippen LogP contribution in [0.4, 0.5) is 0 Å². The van der Waals surface area contributed by atoms with E-state index in [9.17, 15) is 9.90 Å². The molecule has 1 aliphatic heterocycles. The van der Waals surface area contributed by atoms with Gasteiger partial charge in [-0.15, -0.1) is 0 Å². The summed E-state index contributed by atoms with van der Waals surface area (Å²) in [5, 5.41) is 9.30. The average molecular weight is 227 g/mol. The van der Waals surface area contributed by atoms with Crippen molar-refractivity contribution in [2.45, 2.75) is 57.2 Å². The monoisotopic (exact) mass is 227 g/mol. The molecule has 1 saturated heterocycles. The molecule has 2 atom stereocenters. The molecule has 0 aromatic heterocycles. The highest BCUT2D eigenvalue weighted by molar-refractivity contribution is 5.77. The summed E-state index contributed by atoms with van der Waals surface area (Å²) in [7, 11) is 0. The minimum Gasteiger partial charge on any atom is -0.480 e. The average Bonchev–Trinajstić information content (AvgIpc) is 2.28. The van der Waals surface area contributed by atoms with Gasteiger partial charge in [0.2, 0.25) is 0 Å². The van der Waals surface area contributed by atoms with Gasteiger partial charge in [0.1, 0.15) is 5.54 Å². The zero-order valence-electron chi connectivity index (χ0n) is 10.1. The molecule has 16 heavy (non-hydrogen) atoms. The Labute approximate surface area is 96.6 Å². The van der Waals surface area contributed by atoms with Crippen LogP contribution in [0, 0.1) is 0 Å². The molecule has 4 heteroatoms. The fourth-order valence-electron chi connectivity index (χ4n) is 2.91. The molecule has 0 radical (unpaired) electrons. The van der Waals surface area contributed by atoms with Crippen molar-refractivity contribution in [2.75, 3.05) is 13.2 Å². The Balaban J connectivity index is 2.16. The molecule has 0 aromatic rings. The number of aliphatic carboxylic acids is 1. The Morgan fingerprint density at radius 1 is 1.38 bits per heavy atom. The number of hydrogen-bond donors (Lipinski definition) is 1. The first-order valence-corrected chi connectivity index (χ1v) is 6.15. The summed E-state index contributed by atoms with van der Waals surface area (Å²) in [6.07, 6.45) is 4.80. The van der Waals surface area contributed by atoms with E-state index in [1.165, 1.54) is 12.8 Å². The van der Waals surface area contributed by atoms with Gasteiger partial charge < -0.3 is 9.84 Å². The number of nitrogens with zero attached hydrogens (tertiary/aromatic N) is 1. The van der Waals surface area contributed by atoms with Gasteiger partial charge in [-0.25, -0.2) is 0 Å². The lowest BCUT2D eigenvalue weighted by Crippen LogP contribution is -2.62. The quantitative estimate of drug-likeness (QED) is 0.776. The molecule has 0 spiro atoms. The van der Waals surface area contributed by atoms with Gasteiger partial charge in [-0.2, -0.15) is 0 Å². The molecule has 1 aliphatic carbocycles. The van der Waals surface area contributed by atoms with Gasteiger partial charge in [0.25, 0.3) is 0 Å². The predicted molar refractivity (Wildman–Crippen MR) is 60.4 cm³/mol. The zero-order chi connectivity index (χ0) is 11.8. The minimum absolute atomic E-state index is 0.251. The van der Waals surface area contributed by atoms with E-state index in [0.29, 0.717) is 12.6 Å². The maximum atomic E-state index is 11.3. The number of carboxylic acid groups (broad SMARTS) is 1. The Kier molecular flexibility index (Phi) is 3.22. The van der Waals surface area contributed by atoms with Crippen molar-refractivity contribution in [3.05, 3.63) is 0 Å². The van der Waals surface area contributed by atoms with Gasteiger partial charge in [-0.1, -0.05) is 12.8 Å². The van der Waals surface area contributed by atoms with Gasteiger partial charge >= 0.3 is 5.97 Å². The van der Waals surface area contributed by atoms with Crippen LogP contribution >= 0.6 is 0 Å². The second-order valence-electron chi connectivity index (χ2n) is 5.32. The topological polar surface area (TPSA) is 49.8 Å². The maximum absolute atomic E-state index is 11.3. The van der Waals surface area contributed by atoms with E-state index in [2.05, 4.69) is 4.90 Å². The highest BCUT2D eigenvalue weighted by atomic mass is 16.5. The molecule has 1 heterocycles. The summed E-state index contributed by atoms with van der Waals surface area (Å²) in [5.41, 5.74) is -0.774. The fraction of sp³-hybridized carbons (Fsp3) is 0.917. The first-order valence-electron chi connectivity index (χ1n) is 6.15. The van der Waals surface area contributed by atoms with E-state index >= 15 is 0 Å². The second-order valence-corrected chi connectivity index (χ2v) is 5.32. The second kappa shape index (κ2) is 4.34. The number of carbonyl (C=O) groups is 1. The number of fused-ring (bicyclic) bond motifs is 1. The molecule has 1 saturated carbocycles. The number of morpholine rings is 1. The SMILES string of the molecule is CC(C)(C(=O)O)N1CCOC2CCCCC21. The first-order chi connectivity index (χ1) is 7.53. The van der Waals surface area contributed by atoms with Crippen molar-refractivity contribution in [1.29, 1.82) is 0 Å². The van der Waals surface area contributed by atoms with Crippen LogP contribution in [0.2, 0.25) is 0 Å². The normalized spacial score (nSPS) is 32.1. The standard InChI is InChI=1S/C12H21NO3/c1-12(2,11(14)15)13-7-8-16-10-6-4-3-5-9(10)13/h9-10H,3-8H2,1-2H3,(H,14,15). The van der Waals surface area contributed by atoms with E-state index in [-0.39, 0.29) is 6.10 Å². The molecule has 0 bridgehead atoms. The number of hydrogen-bond acceptors (Lipinski definition) is 3. The number of rotatable bonds is 2. The third kappa shape index (κ3) is 1.96. The lowest BCUT2D eigenvalue weighted by molar-refractivity contribution is -0.164. The zero-order valence-corrected chi connectivity index (χ0v) is 10.1. The molecular weight excluding hydrogens is 206 g/mol. The predicted octanol–water partition coefficient (Wildman–Crippen LogP) is 1.49. The van der Waals surface area contributed by atoms with Crippen molar-refractivity contribution < 1.29 is 14.6 Å². The lowest BCUT2D eigenvalue weighted by atomic mass is 9.86. The van der Waals surface area contributed by atoms with Gasteiger partial charge in [0, 0.05) is 12.6 Å². The molecule has 0 aromatic carbocycles. The van der Waals surface area contributed by atoms with Crippen molar-refractivity contribution >= 4 is 5.97 Å². The summed E-state index contributed by atoms with van der Waals surface area (Å²) < 4.78 is 5.75. The lowest BCUT2D eigenvalue weighted by Gasteiger charge is -2.49. The van der Waals surface area contributed by atoms with E-state index in [4.69, 9.17) is 4.74 Å². The Morgan fingerprint density at radius 2 is 2.06 bits per heavy atom. The first kappa shape index (κ1) is 11.9. The minimum atomic E-state index is -0.774. The van der Waals surface area contributed by atoms with Gasteiger partial charge in [-0.3, -0.25) is 9.69 Å². The molecule has 2 aliphatic rings. The molecule has 1 N–H and O–H groups in total. The summed E-state index contributed by atoms with van der Waals surface area (Å²) in [4.78, 5) is 13.4.